The van der Waals surface area contributed by atoms with Gasteiger partial charge in [-0.25, -0.2) is 4.52 Å². The zero-order valence-corrected chi connectivity index (χ0v) is 19.4. The molecule has 0 bridgehead atoms. The number of rotatable bonds is 7. The van der Waals surface area contributed by atoms with Gasteiger partial charge in [0.1, 0.15) is 4.90 Å². The largest absolute Gasteiger partial charge is 0.343 e. The smallest absolute Gasteiger partial charge is 0.281 e. The van der Waals surface area contributed by atoms with E-state index >= 15 is 0 Å². The van der Waals surface area contributed by atoms with Crippen molar-refractivity contribution in [2.45, 2.75) is 4.90 Å². The molecule has 0 aliphatic carbocycles. The number of nitrogens with zero attached hydrogens (tertiary/aromatic N) is 8. The summed E-state index contributed by atoms with van der Waals surface area (Å²) in [4.78, 5) is 16.0. The maximum absolute atomic E-state index is 13.5. The summed E-state index contributed by atoms with van der Waals surface area (Å²) in [5, 5.41) is 28.7. The lowest BCUT2D eigenvalue weighted by atomic mass is 10.2. The molecule has 176 valence electrons. The predicted molar refractivity (Wildman–Crippen MR) is 128 cm³/mol. The Morgan fingerprint density at radius 3 is 2.60 bits per heavy atom. The summed E-state index contributed by atoms with van der Waals surface area (Å²) in [7, 11) is -1.43. The molecular weight excluding hydrogens is 472 g/mol. The van der Waals surface area contributed by atoms with Gasteiger partial charge in [-0.15, -0.1) is 0 Å². The second-order valence-corrected chi connectivity index (χ2v) is 9.23. The average Bonchev–Trinajstić information content (AvgIpc) is 3.28. The van der Waals surface area contributed by atoms with E-state index in [4.69, 9.17) is 5.26 Å². The van der Waals surface area contributed by atoms with Gasteiger partial charge in [0.2, 0.25) is 0 Å². The molecule has 0 unspecified atom stereocenters. The van der Waals surface area contributed by atoms with Gasteiger partial charge < -0.3 is 4.90 Å². The maximum Gasteiger partial charge on any atom is 0.281 e. The molecule has 3 aromatic heterocycles. The summed E-state index contributed by atoms with van der Waals surface area (Å²) in [5.74, 6) is 0. The van der Waals surface area contributed by atoms with Crippen LogP contribution in [0.25, 0.3) is 5.52 Å². The fraction of sp³-hybridized carbons (Fsp3) is 0.0909. The zero-order valence-electron chi connectivity index (χ0n) is 18.5. The van der Waals surface area contributed by atoms with Crippen LogP contribution < -0.4 is 4.90 Å². The number of non-ortho nitro benzene ring substituents is 1. The van der Waals surface area contributed by atoms with Crippen LogP contribution in [0.3, 0.4) is 0 Å². The molecule has 0 atom stereocenters. The van der Waals surface area contributed by atoms with E-state index in [1.165, 1.54) is 36.1 Å². The normalized spacial score (nSPS) is 11.5. The highest BCUT2D eigenvalue weighted by Gasteiger charge is 2.28. The van der Waals surface area contributed by atoms with E-state index in [0.717, 1.165) is 10.5 Å². The number of fused-ring (bicyclic) bond motifs is 1. The number of hydrogen-bond acceptors (Lipinski definition) is 9. The number of pyridine rings is 2. The van der Waals surface area contributed by atoms with Crippen LogP contribution in [0.4, 0.5) is 17.1 Å². The molecule has 0 N–H and O–H groups in total. The molecule has 0 aliphatic rings. The van der Waals surface area contributed by atoms with Crippen molar-refractivity contribution in [2.24, 2.45) is 5.10 Å². The molecule has 13 heteroatoms. The number of aromatic nitrogens is 3. The fourth-order valence-corrected chi connectivity index (χ4v) is 4.52. The van der Waals surface area contributed by atoms with Crippen molar-refractivity contribution in [1.82, 2.24) is 19.0 Å². The molecule has 0 amide bonds. The third-order valence-corrected chi connectivity index (χ3v) is 6.90. The van der Waals surface area contributed by atoms with E-state index in [9.17, 15) is 18.5 Å². The van der Waals surface area contributed by atoms with Crippen LogP contribution in [-0.4, -0.2) is 52.7 Å². The van der Waals surface area contributed by atoms with Crippen molar-refractivity contribution >= 4 is 38.8 Å². The van der Waals surface area contributed by atoms with Gasteiger partial charge in [-0.05, 0) is 30.3 Å². The predicted octanol–water partition coefficient (Wildman–Crippen LogP) is 2.93. The Labute approximate surface area is 200 Å². The molecule has 3 heterocycles. The number of hydrazone groups is 1. The van der Waals surface area contributed by atoms with Crippen LogP contribution >= 0.6 is 0 Å². The van der Waals surface area contributed by atoms with Gasteiger partial charge in [-0.2, -0.15) is 28.3 Å². The summed E-state index contributed by atoms with van der Waals surface area (Å²) in [6.45, 7) is 0. The minimum atomic E-state index is -4.30. The molecule has 0 fully saturated rings. The van der Waals surface area contributed by atoms with Crippen molar-refractivity contribution in [3.05, 3.63) is 88.5 Å². The Morgan fingerprint density at radius 2 is 1.91 bits per heavy atom. The first kappa shape index (κ1) is 23.3. The maximum atomic E-state index is 13.5. The lowest BCUT2D eigenvalue weighted by molar-refractivity contribution is -0.385. The van der Waals surface area contributed by atoms with E-state index in [-0.39, 0.29) is 16.3 Å². The molecule has 0 spiro atoms. The monoisotopic (exact) mass is 490 g/mol. The Bertz CT molecular complexity index is 1590. The molecule has 35 heavy (non-hydrogen) atoms. The van der Waals surface area contributed by atoms with Crippen molar-refractivity contribution in [1.29, 1.82) is 5.26 Å². The van der Waals surface area contributed by atoms with Gasteiger partial charge in [0.15, 0.2) is 0 Å². The van der Waals surface area contributed by atoms with E-state index in [1.54, 1.807) is 54.8 Å². The highest BCUT2D eigenvalue weighted by atomic mass is 32.2. The van der Waals surface area contributed by atoms with Gasteiger partial charge in [-0.1, -0.05) is 0 Å². The van der Waals surface area contributed by atoms with Gasteiger partial charge >= 0.3 is 0 Å². The Hall–Kier alpha value is -4.83. The highest BCUT2D eigenvalue weighted by Crippen LogP contribution is 2.34. The topological polar surface area (TPSA) is 150 Å². The van der Waals surface area contributed by atoms with Crippen LogP contribution in [0.5, 0.6) is 0 Å². The lowest BCUT2D eigenvalue weighted by Gasteiger charge is -2.23. The first-order valence-corrected chi connectivity index (χ1v) is 11.5. The number of nitriles is 1. The second-order valence-electron chi connectivity index (χ2n) is 7.31. The lowest BCUT2D eigenvalue weighted by Crippen LogP contribution is -2.24. The number of anilines is 2. The molecule has 4 rings (SSSR count). The van der Waals surface area contributed by atoms with E-state index in [0.29, 0.717) is 22.3 Å². The van der Waals surface area contributed by atoms with Crippen LogP contribution in [0.2, 0.25) is 0 Å². The average molecular weight is 491 g/mol. The minimum absolute atomic E-state index is 0.221. The van der Waals surface area contributed by atoms with Crippen LogP contribution in [0.1, 0.15) is 11.1 Å². The first-order valence-electron chi connectivity index (χ1n) is 10.0. The number of nitro groups is 1. The fourth-order valence-electron chi connectivity index (χ4n) is 3.32. The van der Waals surface area contributed by atoms with Crippen molar-refractivity contribution in [3.63, 3.8) is 0 Å². The summed E-state index contributed by atoms with van der Waals surface area (Å²) >= 11 is 0. The van der Waals surface area contributed by atoms with Crippen molar-refractivity contribution < 1.29 is 13.3 Å². The Morgan fingerprint density at radius 1 is 1.17 bits per heavy atom. The van der Waals surface area contributed by atoms with Gasteiger partial charge in [0, 0.05) is 56.1 Å². The van der Waals surface area contributed by atoms with Gasteiger partial charge in [0.25, 0.3) is 15.7 Å². The van der Waals surface area contributed by atoms with E-state index in [2.05, 4.69) is 15.2 Å². The Kier molecular flexibility index (Phi) is 6.13. The number of benzene rings is 1. The number of hydrogen-bond donors (Lipinski definition) is 0. The molecular formula is C22H18N8O4S. The number of nitro benzene ring substituents is 1. The molecule has 4 aromatic rings. The van der Waals surface area contributed by atoms with E-state index < -0.39 is 14.9 Å². The molecule has 0 radical (unpaired) electrons. The third kappa shape index (κ3) is 4.50. The molecule has 0 saturated heterocycles. The zero-order chi connectivity index (χ0) is 25.2. The van der Waals surface area contributed by atoms with Crippen LogP contribution in [-0.2, 0) is 10.0 Å². The summed E-state index contributed by atoms with van der Waals surface area (Å²) in [6.07, 6.45) is 7.49. The Balaban J connectivity index is 1.75. The van der Waals surface area contributed by atoms with Gasteiger partial charge in [0.05, 0.1) is 40.2 Å². The standard InChI is InChI=1S/C22H18N8O4S/c1-27(18-5-8-24-9-6-18)20-4-3-19(30(31)32)12-22(20)35(33,34)28(2)25-14-17-15-26-29-10-7-16(13-23)11-21(17)29/h3-12,14-15H,1-2H3/b25-14-. The second kappa shape index (κ2) is 9.20. The third-order valence-electron chi connectivity index (χ3n) is 5.23. The minimum Gasteiger partial charge on any atom is -0.343 e. The van der Waals surface area contributed by atoms with Crippen LogP contribution in [0.15, 0.2) is 77.2 Å². The van der Waals surface area contributed by atoms with E-state index in [1.807, 2.05) is 6.07 Å². The molecule has 0 aliphatic heterocycles. The molecule has 12 nitrogen and oxygen atoms in total. The molecule has 1 aromatic carbocycles. The van der Waals surface area contributed by atoms with Gasteiger partial charge in [-0.3, -0.25) is 15.1 Å². The van der Waals surface area contributed by atoms with Crippen molar-refractivity contribution in [3.8, 4) is 6.07 Å². The van der Waals surface area contributed by atoms with Crippen LogP contribution in [0, 0.1) is 21.4 Å². The first-order chi connectivity index (χ1) is 16.7. The quantitative estimate of drug-likeness (QED) is 0.218. The number of sulfonamides is 1. The summed E-state index contributed by atoms with van der Waals surface area (Å²) in [6, 6.07) is 12.2. The highest BCUT2D eigenvalue weighted by molar-refractivity contribution is 7.89. The summed E-state index contributed by atoms with van der Waals surface area (Å²) in [5.41, 5.74) is 1.94. The summed E-state index contributed by atoms with van der Waals surface area (Å²) < 4.78 is 29.2. The molecule has 0 saturated carbocycles. The van der Waals surface area contributed by atoms with Crippen molar-refractivity contribution in [2.75, 3.05) is 19.0 Å². The SMILES string of the molecule is CN(c1ccncc1)c1ccc([N+](=O)[O-])cc1S(=O)(=O)N(C)/N=C\c1cnn2ccc(C#N)cc12.